The number of rotatable bonds is 2. The summed E-state index contributed by atoms with van der Waals surface area (Å²) >= 11 is 12.3. The van der Waals surface area contributed by atoms with Crippen LogP contribution in [0.25, 0.3) is 10.9 Å². The van der Waals surface area contributed by atoms with Gasteiger partial charge in [-0.1, -0.05) is 35.3 Å². The molecule has 0 fully saturated rings. The number of amides is 1. The molecule has 27 heavy (non-hydrogen) atoms. The monoisotopic (exact) mass is 402 g/mol. The van der Waals surface area contributed by atoms with Crippen molar-refractivity contribution in [2.75, 3.05) is 6.54 Å². The van der Waals surface area contributed by atoms with E-state index < -0.39 is 0 Å². The second-order valence-corrected chi connectivity index (χ2v) is 7.91. The molecule has 2 heterocycles. The number of aromatic amines is 1. The minimum atomic E-state index is -0.313. The Hall–Kier alpha value is -2.17. The van der Waals surface area contributed by atoms with Crippen molar-refractivity contribution < 1.29 is 9.53 Å². The molecule has 4 nitrogen and oxygen atoms in total. The molecule has 140 valence electrons. The normalized spacial score (nSPS) is 16.6. The molecule has 1 aliphatic rings. The fourth-order valence-electron chi connectivity index (χ4n) is 3.72. The molecule has 6 heteroatoms. The first kappa shape index (κ1) is 18.2. The maximum Gasteiger partial charge on any atom is 0.410 e. The molecule has 4 rings (SSSR count). The Labute approximate surface area is 168 Å². The summed E-state index contributed by atoms with van der Waals surface area (Å²) in [4.78, 5) is 18.1. The number of H-pyrrole nitrogens is 1. The van der Waals surface area contributed by atoms with Gasteiger partial charge in [0.1, 0.15) is 6.04 Å². The van der Waals surface area contributed by atoms with Crippen LogP contribution in [0.15, 0.2) is 42.5 Å². The van der Waals surface area contributed by atoms with E-state index in [1.54, 1.807) is 4.90 Å². The van der Waals surface area contributed by atoms with Crippen molar-refractivity contribution in [3.63, 3.8) is 0 Å². The number of nitrogens with one attached hydrogen (secondary N) is 1. The first-order chi connectivity index (χ1) is 12.9. The molecule has 2 aromatic carbocycles. The topological polar surface area (TPSA) is 45.3 Å². The van der Waals surface area contributed by atoms with Gasteiger partial charge in [-0.3, -0.25) is 4.90 Å². The summed E-state index contributed by atoms with van der Waals surface area (Å²) in [5.41, 5.74) is 4.20. The van der Waals surface area contributed by atoms with Crippen LogP contribution in [0.3, 0.4) is 0 Å². The van der Waals surface area contributed by atoms with Crippen LogP contribution in [-0.4, -0.2) is 28.6 Å². The second-order valence-electron chi connectivity index (χ2n) is 7.04. The van der Waals surface area contributed by atoms with Gasteiger partial charge >= 0.3 is 6.09 Å². The third kappa shape index (κ3) is 3.40. The number of ether oxygens (including phenoxy) is 1. The molecule has 1 aliphatic heterocycles. The van der Waals surface area contributed by atoms with Gasteiger partial charge in [-0.05, 0) is 61.7 Å². The smallest absolute Gasteiger partial charge is 0.410 e. The molecule has 0 radical (unpaired) electrons. The number of benzene rings is 2. The van der Waals surface area contributed by atoms with E-state index in [0.29, 0.717) is 16.6 Å². The van der Waals surface area contributed by atoms with Crippen molar-refractivity contribution in [3.8, 4) is 0 Å². The summed E-state index contributed by atoms with van der Waals surface area (Å²) in [5.74, 6) is 0. The van der Waals surface area contributed by atoms with Crippen LogP contribution >= 0.6 is 23.2 Å². The van der Waals surface area contributed by atoms with Crippen LogP contribution in [-0.2, 0) is 11.2 Å². The number of nitrogens with zero attached hydrogens (tertiary/aromatic N) is 1. The fourth-order valence-corrected chi connectivity index (χ4v) is 4.02. The molecule has 3 aromatic rings. The highest BCUT2D eigenvalue weighted by atomic mass is 35.5. The lowest BCUT2D eigenvalue weighted by molar-refractivity contribution is 0.0655. The number of carbonyl (C=O) groups excluding carboxylic acids is 1. The summed E-state index contributed by atoms with van der Waals surface area (Å²) in [7, 11) is 0. The average molecular weight is 403 g/mol. The summed E-state index contributed by atoms with van der Waals surface area (Å²) < 4.78 is 5.50. The van der Waals surface area contributed by atoms with E-state index in [9.17, 15) is 4.79 Å². The van der Waals surface area contributed by atoms with Crippen LogP contribution < -0.4 is 0 Å². The molecule has 1 atom stereocenters. The lowest BCUT2D eigenvalue weighted by Crippen LogP contribution is -2.41. The van der Waals surface area contributed by atoms with E-state index in [0.717, 1.165) is 28.6 Å². The summed E-state index contributed by atoms with van der Waals surface area (Å²) in [5, 5.41) is 2.47. The second kappa shape index (κ2) is 7.10. The Morgan fingerprint density at radius 1 is 1.15 bits per heavy atom. The Balaban J connectivity index is 1.86. The summed E-state index contributed by atoms with van der Waals surface area (Å²) in [6.07, 6.45) is 0.256. The Morgan fingerprint density at radius 3 is 2.56 bits per heavy atom. The molecule has 1 N–H and O–H groups in total. The highest BCUT2D eigenvalue weighted by molar-refractivity contribution is 6.31. The van der Waals surface area contributed by atoms with E-state index in [-0.39, 0.29) is 18.2 Å². The van der Waals surface area contributed by atoms with Gasteiger partial charge in [-0.2, -0.15) is 0 Å². The lowest BCUT2D eigenvalue weighted by atomic mass is 9.93. The summed E-state index contributed by atoms with van der Waals surface area (Å²) in [6.45, 7) is 4.29. The maximum absolute atomic E-state index is 12.8. The number of halogens is 2. The van der Waals surface area contributed by atoms with Gasteiger partial charge in [-0.15, -0.1) is 0 Å². The summed E-state index contributed by atoms with van der Waals surface area (Å²) in [6, 6.07) is 13.2. The van der Waals surface area contributed by atoms with Crippen molar-refractivity contribution in [3.05, 3.63) is 69.3 Å². The predicted octanol–water partition coefficient (Wildman–Crippen LogP) is 5.97. The zero-order valence-corrected chi connectivity index (χ0v) is 16.6. The van der Waals surface area contributed by atoms with E-state index in [1.807, 2.05) is 56.3 Å². The van der Waals surface area contributed by atoms with Crippen molar-refractivity contribution in [1.29, 1.82) is 0 Å². The first-order valence-electron chi connectivity index (χ1n) is 8.96. The van der Waals surface area contributed by atoms with Crippen LogP contribution in [0.1, 0.15) is 36.7 Å². The molecule has 1 unspecified atom stereocenters. The van der Waals surface area contributed by atoms with Gasteiger partial charge in [0.25, 0.3) is 0 Å². The first-order valence-corrected chi connectivity index (χ1v) is 9.72. The highest BCUT2D eigenvalue weighted by Crippen LogP contribution is 2.39. The van der Waals surface area contributed by atoms with Crippen molar-refractivity contribution in [2.45, 2.75) is 32.4 Å². The Bertz CT molecular complexity index is 995. The Kier molecular flexibility index (Phi) is 4.79. The zero-order valence-electron chi connectivity index (χ0n) is 15.1. The lowest BCUT2D eigenvalue weighted by Gasteiger charge is -2.35. The number of hydrogen-bond acceptors (Lipinski definition) is 2. The molecule has 0 saturated heterocycles. The number of fused-ring (bicyclic) bond motifs is 3. The number of hydrogen-bond donors (Lipinski definition) is 1. The molecule has 0 spiro atoms. The highest BCUT2D eigenvalue weighted by Gasteiger charge is 2.35. The van der Waals surface area contributed by atoms with Gasteiger partial charge in [0.15, 0.2) is 0 Å². The van der Waals surface area contributed by atoms with Gasteiger partial charge < -0.3 is 9.72 Å². The molecule has 0 aliphatic carbocycles. The average Bonchev–Trinajstić information content (AvgIpc) is 2.99. The number of aromatic nitrogens is 1. The van der Waals surface area contributed by atoms with Crippen LogP contribution in [0.4, 0.5) is 4.79 Å². The molecule has 0 saturated carbocycles. The van der Waals surface area contributed by atoms with Crippen molar-refractivity contribution in [2.24, 2.45) is 0 Å². The molecule has 1 aromatic heterocycles. The third-order valence-corrected chi connectivity index (χ3v) is 5.33. The SMILES string of the molecule is CC(C)OC(=O)N1CCc2c([nH]c3ccc(Cl)cc23)C1c1ccc(Cl)cc1. The largest absolute Gasteiger partial charge is 0.447 e. The Morgan fingerprint density at radius 2 is 1.85 bits per heavy atom. The van der Waals surface area contributed by atoms with Gasteiger partial charge in [0.2, 0.25) is 0 Å². The minimum Gasteiger partial charge on any atom is -0.447 e. The number of carbonyl (C=O) groups is 1. The standard InChI is InChI=1S/C21H20Cl2N2O2/c1-12(2)27-21(26)25-10-9-16-17-11-15(23)7-8-18(17)24-19(16)20(25)13-3-5-14(22)6-4-13/h3-8,11-12,20,24H,9-10H2,1-2H3. The molecule has 0 bridgehead atoms. The third-order valence-electron chi connectivity index (χ3n) is 4.85. The van der Waals surface area contributed by atoms with Crippen LogP contribution in [0, 0.1) is 0 Å². The van der Waals surface area contributed by atoms with Gasteiger partial charge in [-0.25, -0.2) is 4.79 Å². The van der Waals surface area contributed by atoms with Crippen molar-refractivity contribution >= 4 is 40.2 Å². The predicted molar refractivity (Wildman–Crippen MR) is 109 cm³/mol. The van der Waals surface area contributed by atoms with E-state index in [1.165, 1.54) is 5.56 Å². The van der Waals surface area contributed by atoms with Crippen LogP contribution in [0.5, 0.6) is 0 Å². The fraction of sp³-hybridized carbons (Fsp3) is 0.286. The maximum atomic E-state index is 12.8. The van der Waals surface area contributed by atoms with Crippen molar-refractivity contribution in [1.82, 2.24) is 9.88 Å². The molecular formula is C21H20Cl2N2O2. The van der Waals surface area contributed by atoms with E-state index in [2.05, 4.69) is 4.98 Å². The zero-order chi connectivity index (χ0) is 19.1. The van der Waals surface area contributed by atoms with E-state index >= 15 is 0 Å². The van der Waals surface area contributed by atoms with Crippen LogP contribution in [0.2, 0.25) is 10.0 Å². The minimum absolute atomic E-state index is 0.175. The quantitative estimate of drug-likeness (QED) is 0.573. The van der Waals surface area contributed by atoms with Gasteiger partial charge in [0, 0.05) is 33.2 Å². The van der Waals surface area contributed by atoms with Gasteiger partial charge in [0.05, 0.1) is 6.10 Å². The molecular weight excluding hydrogens is 383 g/mol. The molecule has 1 amide bonds. The van der Waals surface area contributed by atoms with E-state index in [4.69, 9.17) is 27.9 Å².